The van der Waals surface area contributed by atoms with Crippen LogP contribution in [0.5, 0.6) is 0 Å². The van der Waals surface area contributed by atoms with Gasteiger partial charge in [0.25, 0.3) is 0 Å². The molecule has 0 aliphatic heterocycles. The van der Waals surface area contributed by atoms with Gasteiger partial charge >= 0.3 is 0 Å². The largest absolute Gasteiger partial charge is 0.135 e. The second-order valence-electron chi connectivity index (χ2n) is 14.8. The Morgan fingerprint density at radius 2 is 1.47 bits per heavy atom. The normalized spacial score (nSPS) is 14.6. The van der Waals surface area contributed by atoms with Crippen LogP contribution in [-0.2, 0) is 6.42 Å². The highest BCUT2D eigenvalue weighted by molar-refractivity contribution is 7.25. The first-order valence-electron chi connectivity index (χ1n) is 21.3. The first kappa shape index (κ1) is 42.6. The highest BCUT2D eigenvalue weighted by Crippen LogP contribution is 2.41. The van der Waals surface area contributed by atoms with Crippen LogP contribution in [0.25, 0.3) is 53.6 Å². The van der Waals surface area contributed by atoms with Crippen LogP contribution in [0.4, 0.5) is 0 Å². The number of benzene rings is 5. The summed E-state index contributed by atoms with van der Waals surface area (Å²) in [5, 5.41) is 2.65. The molecule has 2 aliphatic carbocycles. The lowest BCUT2D eigenvalue weighted by Gasteiger charge is -2.17. The third kappa shape index (κ3) is 10.2. The molecule has 0 saturated heterocycles. The van der Waals surface area contributed by atoms with Crippen molar-refractivity contribution >= 4 is 42.7 Å². The average molecular weight is 787 g/mol. The van der Waals surface area contributed by atoms with E-state index in [1.54, 1.807) is 5.57 Å². The third-order valence-corrected chi connectivity index (χ3v) is 12.2. The Morgan fingerprint density at radius 1 is 0.712 bits per heavy atom. The third-order valence-electron chi connectivity index (χ3n) is 11.1. The van der Waals surface area contributed by atoms with Crippen LogP contribution in [0, 0.1) is 0 Å². The molecule has 0 nitrogen and oxygen atoms in total. The predicted molar refractivity (Wildman–Crippen MR) is 265 cm³/mol. The molecule has 2 aliphatic rings. The van der Waals surface area contributed by atoms with Crippen molar-refractivity contribution in [3.63, 3.8) is 0 Å². The lowest BCUT2D eigenvalue weighted by molar-refractivity contribution is 0.691. The molecular weight excluding hydrogens is 729 g/mol. The quantitative estimate of drug-likeness (QED) is 0.0958. The van der Waals surface area contributed by atoms with E-state index in [1.165, 1.54) is 91.2 Å². The molecule has 0 N–H and O–H groups in total. The van der Waals surface area contributed by atoms with E-state index in [2.05, 4.69) is 179 Å². The molecule has 1 aromatic heterocycles. The van der Waals surface area contributed by atoms with E-state index in [0.717, 1.165) is 40.7 Å². The highest BCUT2D eigenvalue weighted by Gasteiger charge is 2.16. The van der Waals surface area contributed by atoms with E-state index in [4.69, 9.17) is 0 Å². The van der Waals surface area contributed by atoms with Crippen molar-refractivity contribution in [1.82, 2.24) is 0 Å². The first-order valence-corrected chi connectivity index (χ1v) is 22.1. The van der Waals surface area contributed by atoms with E-state index in [9.17, 15) is 0 Å². The lowest BCUT2D eigenvalue weighted by Crippen LogP contribution is -1.96. The minimum atomic E-state index is 0.891. The predicted octanol–water partition coefficient (Wildman–Crippen LogP) is 17.7. The molecule has 0 radical (unpaired) electrons. The second-order valence-corrected chi connectivity index (χ2v) is 15.9. The van der Waals surface area contributed by atoms with E-state index in [-0.39, 0.29) is 0 Å². The fraction of sp³-hybridized carbons (Fsp3) is 0.172. The fourth-order valence-corrected chi connectivity index (χ4v) is 9.08. The van der Waals surface area contributed by atoms with E-state index < -0.39 is 0 Å². The Morgan fingerprint density at radius 3 is 2.27 bits per heavy atom. The molecule has 296 valence electrons. The van der Waals surface area contributed by atoms with Crippen LogP contribution in [-0.4, -0.2) is 0 Å². The van der Waals surface area contributed by atoms with Crippen LogP contribution in [0.2, 0.25) is 0 Å². The summed E-state index contributed by atoms with van der Waals surface area (Å²) in [4.78, 5) is 0. The average Bonchev–Trinajstić information content (AvgIpc) is 3.68. The molecule has 1 heterocycles. The number of hydrogen-bond donors (Lipinski definition) is 0. The van der Waals surface area contributed by atoms with Gasteiger partial charge in [-0.15, -0.1) is 11.3 Å². The molecule has 0 bridgehead atoms. The summed E-state index contributed by atoms with van der Waals surface area (Å²) in [6.07, 6.45) is 27.3. The molecular formula is C58H58S. The maximum Gasteiger partial charge on any atom is 0.0361 e. The van der Waals surface area contributed by atoms with Crippen molar-refractivity contribution in [2.24, 2.45) is 0 Å². The molecule has 5 aromatic carbocycles. The Hall–Kier alpha value is -6.02. The molecule has 8 rings (SSSR count). The standard InChI is InChI=1S/C39H28S.C17H24.C2H6/c1-26-12-4-3-5-13-28-14-6-7-17-33(28)36-25-30(22-23-32(26)36)27(2)29-15-10-16-31(24-29)34-19-11-21-38-39(34)35-18-8-9-20-37(35)40-38;1-4-7-8-10-15-11-13-17(14-12-15)16(6-3)9-5-2;1-2/h3-12,14-25H,1-2,13H2;5-6,9,11,13H,2-4,7-8,10,12,14H2,1H3;1-2H3/b5-3-,12-4-;16-9+;. The van der Waals surface area contributed by atoms with Crippen molar-refractivity contribution in [1.29, 1.82) is 0 Å². The van der Waals surface area contributed by atoms with Crippen LogP contribution in [0.3, 0.4) is 0 Å². The molecule has 0 atom stereocenters. The zero-order valence-electron chi connectivity index (χ0n) is 35.3. The summed E-state index contributed by atoms with van der Waals surface area (Å²) >= 11 is 1.86. The fourth-order valence-electron chi connectivity index (χ4n) is 7.95. The number of allylic oxidation sites excluding steroid dienone is 13. The van der Waals surface area contributed by atoms with Gasteiger partial charge in [0.05, 0.1) is 0 Å². The van der Waals surface area contributed by atoms with Gasteiger partial charge in [0.1, 0.15) is 0 Å². The molecule has 0 fully saturated rings. The van der Waals surface area contributed by atoms with Gasteiger partial charge in [-0.05, 0) is 123 Å². The minimum absolute atomic E-state index is 0.891. The van der Waals surface area contributed by atoms with Gasteiger partial charge in [0, 0.05) is 20.2 Å². The summed E-state index contributed by atoms with van der Waals surface area (Å²) in [7, 11) is 0. The van der Waals surface area contributed by atoms with Gasteiger partial charge in [-0.1, -0.05) is 205 Å². The van der Waals surface area contributed by atoms with Crippen molar-refractivity contribution in [3.05, 3.63) is 229 Å². The van der Waals surface area contributed by atoms with Gasteiger partial charge in [0.2, 0.25) is 0 Å². The molecule has 0 saturated carbocycles. The number of hydrogen-bond acceptors (Lipinski definition) is 1. The van der Waals surface area contributed by atoms with Crippen molar-refractivity contribution < 1.29 is 0 Å². The van der Waals surface area contributed by atoms with Crippen LogP contribution < -0.4 is 0 Å². The lowest BCUT2D eigenvalue weighted by atomic mass is 9.87. The van der Waals surface area contributed by atoms with Crippen molar-refractivity contribution in [3.8, 4) is 22.3 Å². The number of fused-ring (bicyclic) bond motifs is 6. The van der Waals surface area contributed by atoms with E-state index in [1.807, 2.05) is 43.4 Å². The van der Waals surface area contributed by atoms with Gasteiger partial charge in [-0.3, -0.25) is 0 Å². The van der Waals surface area contributed by atoms with Gasteiger partial charge in [-0.2, -0.15) is 0 Å². The number of unbranched alkanes of at least 4 members (excludes halogenated alkanes) is 2. The minimum Gasteiger partial charge on any atom is -0.135 e. The number of thiophene rings is 1. The second kappa shape index (κ2) is 21.1. The van der Waals surface area contributed by atoms with Crippen molar-refractivity contribution in [2.45, 2.75) is 65.7 Å². The monoisotopic (exact) mass is 786 g/mol. The molecule has 0 unspecified atom stereocenters. The maximum atomic E-state index is 4.59. The van der Waals surface area contributed by atoms with Crippen molar-refractivity contribution in [2.75, 3.05) is 0 Å². The molecule has 0 amide bonds. The molecule has 0 spiro atoms. The zero-order valence-corrected chi connectivity index (χ0v) is 36.1. The molecule has 59 heavy (non-hydrogen) atoms. The summed E-state index contributed by atoms with van der Waals surface area (Å²) in [5.41, 5.74) is 15.9. The van der Waals surface area contributed by atoms with Crippen LogP contribution in [0.15, 0.2) is 207 Å². The van der Waals surface area contributed by atoms with E-state index >= 15 is 0 Å². The maximum absolute atomic E-state index is 4.59. The Bertz CT molecular complexity index is 2620. The zero-order chi connectivity index (χ0) is 41.6. The summed E-state index contributed by atoms with van der Waals surface area (Å²) < 4.78 is 2.64. The van der Waals surface area contributed by atoms with Gasteiger partial charge < -0.3 is 0 Å². The summed E-state index contributed by atoms with van der Waals surface area (Å²) in [5.74, 6) is 0. The smallest absolute Gasteiger partial charge is 0.0361 e. The van der Waals surface area contributed by atoms with E-state index in [0.29, 0.717) is 0 Å². The van der Waals surface area contributed by atoms with Crippen LogP contribution in [0.1, 0.15) is 81.5 Å². The SMILES string of the molecule is C=C(c1cccc(-c2cccc3sc4ccccc4c23)c1)c1ccc2c(c1)-c1ccccc1C/C=C\C=C/C2=C.C=C/C=C(\C=C)C1=CC=C(CCCCC)CC1.CC. The Balaban J connectivity index is 0.000000260. The molecule has 6 aromatic rings. The molecule has 1 heteroatoms. The number of rotatable bonds is 10. The summed E-state index contributed by atoms with van der Waals surface area (Å²) in [6, 6.07) is 39.5. The van der Waals surface area contributed by atoms with Crippen LogP contribution >= 0.6 is 11.3 Å². The topological polar surface area (TPSA) is 0 Å². The Kier molecular flexibility index (Phi) is 15.2. The van der Waals surface area contributed by atoms with Gasteiger partial charge in [-0.25, -0.2) is 0 Å². The summed E-state index contributed by atoms with van der Waals surface area (Å²) in [6.45, 7) is 22.8. The highest BCUT2D eigenvalue weighted by atomic mass is 32.1. The Labute approximate surface area is 358 Å². The first-order chi connectivity index (χ1) is 29.0. The van der Waals surface area contributed by atoms with Gasteiger partial charge in [0.15, 0.2) is 0 Å².